The highest BCUT2D eigenvalue weighted by Crippen LogP contribution is 2.24. The van der Waals surface area contributed by atoms with Gasteiger partial charge in [-0.1, -0.05) is 19.1 Å². The molecule has 0 unspecified atom stereocenters. The summed E-state index contributed by atoms with van der Waals surface area (Å²) in [6, 6.07) is 12.2. The smallest absolute Gasteiger partial charge is 0.0957 e. The molecule has 0 radical (unpaired) electrons. The summed E-state index contributed by atoms with van der Waals surface area (Å²) in [5.41, 5.74) is 4.10. The van der Waals surface area contributed by atoms with Crippen molar-refractivity contribution in [2.24, 2.45) is 0 Å². The van der Waals surface area contributed by atoms with E-state index in [2.05, 4.69) is 35.0 Å². The topological polar surface area (TPSA) is 36.4 Å². The summed E-state index contributed by atoms with van der Waals surface area (Å²) in [5.74, 6) is 0. The van der Waals surface area contributed by atoms with E-state index < -0.39 is 6.10 Å². The van der Waals surface area contributed by atoms with E-state index in [-0.39, 0.29) is 0 Å². The quantitative estimate of drug-likeness (QED) is 0.908. The van der Waals surface area contributed by atoms with Crippen LogP contribution in [0.5, 0.6) is 0 Å². The van der Waals surface area contributed by atoms with Gasteiger partial charge in [0, 0.05) is 12.7 Å². The van der Waals surface area contributed by atoms with Crippen LogP contribution in [0.4, 0.5) is 11.4 Å². The summed E-state index contributed by atoms with van der Waals surface area (Å²) >= 11 is 0. The molecule has 1 N–H and O–H groups in total. The number of hydrogen-bond acceptors (Lipinski definition) is 3. The van der Waals surface area contributed by atoms with Crippen LogP contribution in [0.1, 0.15) is 30.7 Å². The Balaban J connectivity index is 2.22. The summed E-state index contributed by atoms with van der Waals surface area (Å²) in [6.45, 7) is 4.02. The second-order valence-corrected chi connectivity index (χ2v) is 4.76. The molecular weight excluding hydrogens is 236 g/mol. The van der Waals surface area contributed by atoms with Crippen LogP contribution in [0.2, 0.25) is 0 Å². The number of aromatic nitrogens is 1. The number of anilines is 2. The Hall–Kier alpha value is -1.87. The maximum Gasteiger partial charge on any atom is 0.0957 e. The number of benzene rings is 1. The molecule has 19 heavy (non-hydrogen) atoms. The van der Waals surface area contributed by atoms with Crippen LogP contribution in [0.15, 0.2) is 42.6 Å². The summed E-state index contributed by atoms with van der Waals surface area (Å²) in [4.78, 5) is 6.41. The van der Waals surface area contributed by atoms with Crippen LogP contribution < -0.4 is 4.90 Å². The Morgan fingerprint density at radius 2 is 2.00 bits per heavy atom. The van der Waals surface area contributed by atoms with Crippen molar-refractivity contribution < 1.29 is 5.11 Å². The standard InChI is InChI=1S/C16H20N2O/c1-4-16(19)15-9-8-14(11-17-15)18(3)13-7-5-6-12(2)10-13/h5-11,16,19H,4H2,1-3H3/t16-/m1/s1. The van der Waals surface area contributed by atoms with Crippen molar-refractivity contribution in [1.82, 2.24) is 4.98 Å². The predicted molar refractivity (Wildman–Crippen MR) is 78.7 cm³/mol. The Labute approximate surface area is 114 Å². The number of nitrogens with zero attached hydrogens (tertiary/aromatic N) is 2. The van der Waals surface area contributed by atoms with Gasteiger partial charge in [0.15, 0.2) is 0 Å². The Kier molecular flexibility index (Phi) is 4.17. The minimum atomic E-state index is -0.474. The Bertz CT molecular complexity index is 537. The third-order valence-electron chi connectivity index (χ3n) is 3.28. The minimum absolute atomic E-state index is 0.474. The second-order valence-electron chi connectivity index (χ2n) is 4.76. The van der Waals surface area contributed by atoms with E-state index in [4.69, 9.17) is 0 Å². The summed E-state index contributed by atoms with van der Waals surface area (Å²) in [5, 5.41) is 9.74. The Morgan fingerprint density at radius 1 is 1.21 bits per heavy atom. The molecule has 2 aromatic rings. The van der Waals surface area contributed by atoms with Crippen molar-refractivity contribution in [3.8, 4) is 0 Å². The molecule has 0 spiro atoms. The molecule has 1 aromatic carbocycles. The predicted octanol–water partition coefficient (Wildman–Crippen LogP) is 3.60. The maximum atomic E-state index is 9.74. The molecular formula is C16H20N2O. The third kappa shape index (κ3) is 3.12. The molecule has 1 atom stereocenters. The Morgan fingerprint density at radius 3 is 2.58 bits per heavy atom. The van der Waals surface area contributed by atoms with Crippen molar-refractivity contribution in [2.75, 3.05) is 11.9 Å². The molecule has 100 valence electrons. The third-order valence-corrected chi connectivity index (χ3v) is 3.28. The van der Waals surface area contributed by atoms with E-state index in [1.165, 1.54) is 5.56 Å². The molecule has 2 rings (SSSR count). The van der Waals surface area contributed by atoms with Gasteiger partial charge in [0.25, 0.3) is 0 Å². The zero-order chi connectivity index (χ0) is 13.8. The molecule has 0 saturated carbocycles. The fourth-order valence-electron chi connectivity index (χ4n) is 1.99. The van der Waals surface area contributed by atoms with Gasteiger partial charge in [0.2, 0.25) is 0 Å². The molecule has 0 amide bonds. The van der Waals surface area contributed by atoms with Gasteiger partial charge in [-0.05, 0) is 43.2 Å². The molecule has 0 fully saturated rings. The highest BCUT2D eigenvalue weighted by Gasteiger charge is 2.08. The fraction of sp³-hybridized carbons (Fsp3) is 0.312. The molecule has 0 aliphatic rings. The number of aliphatic hydroxyl groups excluding tert-OH is 1. The fourth-order valence-corrected chi connectivity index (χ4v) is 1.99. The zero-order valence-electron chi connectivity index (χ0n) is 11.7. The first-order chi connectivity index (χ1) is 9.11. The lowest BCUT2D eigenvalue weighted by Gasteiger charge is -2.20. The van der Waals surface area contributed by atoms with Gasteiger partial charge in [-0.15, -0.1) is 0 Å². The van der Waals surface area contributed by atoms with Gasteiger partial charge in [0.05, 0.1) is 23.7 Å². The van der Waals surface area contributed by atoms with Crippen LogP contribution in [0.3, 0.4) is 0 Å². The largest absolute Gasteiger partial charge is 0.387 e. The molecule has 3 nitrogen and oxygen atoms in total. The van der Waals surface area contributed by atoms with Crippen molar-refractivity contribution in [3.63, 3.8) is 0 Å². The van der Waals surface area contributed by atoms with E-state index in [1.807, 2.05) is 32.2 Å². The van der Waals surface area contributed by atoms with Crippen LogP contribution in [-0.2, 0) is 0 Å². The van der Waals surface area contributed by atoms with Gasteiger partial charge in [0.1, 0.15) is 0 Å². The lowest BCUT2D eigenvalue weighted by atomic mass is 10.1. The van der Waals surface area contributed by atoms with E-state index in [0.717, 1.165) is 17.1 Å². The molecule has 0 bridgehead atoms. The van der Waals surface area contributed by atoms with Crippen molar-refractivity contribution in [1.29, 1.82) is 0 Å². The molecule has 1 heterocycles. The monoisotopic (exact) mass is 256 g/mol. The van der Waals surface area contributed by atoms with Crippen LogP contribution in [0, 0.1) is 6.92 Å². The van der Waals surface area contributed by atoms with Crippen LogP contribution in [-0.4, -0.2) is 17.1 Å². The lowest BCUT2D eigenvalue weighted by Crippen LogP contribution is -2.10. The first-order valence-corrected chi connectivity index (χ1v) is 6.56. The summed E-state index contributed by atoms with van der Waals surface area (Å²) < 4.78 is 0. The van der Waals surface area contributed by atoms with Crippen molar-refractivity contribution >= 4 is 11.4 Å². The molecule has 0 aliphatic heterocycles. The normalized spacial score (nSPS) is 12.2. The first kappa shape index (κ1) is 13.6. The van der Waals surface area contributed by atoms with Gasteiger partial charge in [-0.3, -0.25) is 4.98 Å². The number of rotatable bonds is 4. The van der Waals surface area contributed by atoms with E-state index in [9.17, 15) is 5.11 Å². The van der Waals surface area contributed by atoms with Gasteiger partial charge in [-0.25, -0.2) is 0 Å². The number of pyridine rings is 1. The van der Waals surface area contributed by atoms with Gasteiger partial charge in [-0.2, -0.15) is 0 Å². The van der Waals surface area contributed by atoms with Crippen molar-refractivity contribution in [3.05, 3.63) is 53.9 Å². The maximum absolute atomic E-state index is 9.74. The highest BCUT2D eigenvalue weighted by atomic mass is 16.3. The minimum Gasteiger partial charge on any atom is -0.387 e. The molecule has 0 saturated heterocycles. The average molecular weight is 256 g/mol. The van der Waals surface area contributed by atoms with Gasteiger partial charge < -0.3 is 10.0 Å². The number of hydrogen-bond donors (Lipinski definition) is 1. The van der Waals surface area contributed by atoms with E-state index in [0.29, 0.717) is 6.42 Å². The number of aryl methyl sites for hydroxylation is 1. The average Bonchev–Trinajstić information content (AvgIpc) is 2.46. The molecule has 1 aromatic heterocycles. The lowest BCUT2D eigenvalue weighted by molar-refractivity contribution is 0.169. The zero-order valence-corrected chi connectivity index (χ0v) is 11.7. The van der Waals surface area contributed by atoms with Crippen molar-refractivity contribution in [2.45, 2.75) is 26.4 Å². The second kappa shape index (κ2) is 5.85. The van der Waals surface area contributed by atoms with Crippen LogP contribution in [0.25, 0.3) is 0 Å². The number of aliphatic hydroxyl groups is 1. The van der Waals surface area contributed by atoms with E-state index >= 15 is 0 Å². The first-order valence-electron chi connectivity index (χ1n) is 6.56. The molecule has 0 aliphatic carbocycles. The summed E-state index contributed by atoms with van der Waals surface area (Å²) in [6.07, 6.45) is 2.01. The molecule has 3 heteroatoms. The highest BCUT2D eigenvalue weighted by molar-refractivity contribution is 5.62. The SMILES string of the molecule is CC[C@@H](O)c1ccc(N(C)c2cccc(C)c2)cn1. The van der Waals surface area contributed by atoms with E-state index in [1.54, 1.807) is 6.20 Å². The van der Waals surface area contributed by atoms with Gasteiger partial charge >= 0.3 is 0 Å². The van der Waals surface area contributed by atoms with Crippen LogP contribution >= 0.6 is 0 Å². The summed E-state index contributed by atoms with van der Waals surface area (Å²) in [7, 11) is 2.02.